The molecule has 2 aliphatic rings. The van der Waals surface area contributed by atoms with Gasteiger partial charge in [0.25, 0.3) is 0 Å². The number of hydrogen-bond acceptors (Lipinski definition) is 2. The fourth-order valence-corrected chi connectivity index (χ4v) is 3.84. The van der Waals surface area contributed by atoms with Crippen molar-refractivity contribution in [3.8, 4) is 5.75 Å². The van der Waals surface area contributed by atoms with Crippen LogP contribution in [0.15, 0.2) is 18.2 Å². The Hall–Kier alpha value is -1.02. The van der Waals surface area contributed by atoms with Crippen LogP contribution in [-0.2, 0) is 6.42 Å². The Morgan fingerprint density at radius 1 is 1.16 bits per heavy atom. The maximum Gasteiger partial charge on any atom is 0.115 e. The van der Waals surface area contributed by atoms with Crippen molar-refractivity contribution in [3.05, 3.63) is 29.3 Å². The topological polar surface area (TPSA) is 32.3 Å². The summed E-state index contributed by atoms with van der Waals surface area (Å²) in [7, 11) is 0. The first kappa shape index (κ1) is 13.0. The van der Waals surface area contributed by atoms with Gasteiger partial charge in [0.1, 0.15) is 5.75 Å². The van der Waals surface area contributed by atoms with E-state index in [0.717, 1.165) is 12.3 Å². The molecule has 0 saturated heterocycles. The molecule has 1 aromatic carbocycles. The largest absolute Gasteiger partial charge is 0.508 e. The second-order valence-electron chi connectivity index (χ2n) is 6.46. The molecule has 19 heavy (non-hydrogen) atoms. The van der Waals surface area contributed by atoms with Gasteiger partial charge in [-0.3, -0.25) is 0 Å². The molecule has 3 unspecified atom stereocenters. The highest BCUT2D eigenvalue weighted by atomic mass is 16.3. The smallest absolute Gasteiger partial charge is 0.115 e. The van der Waals surface area contributed by atoms with Crippen LogP contribution in [0.1, 0.15) is 62.6 Å². The average Bonchev–Trinajstić information content (AvgIpc) is 2.38. The van der Waals surface area contributed by atoms with E-state index in [2.05, 4.69) is 18.3 Å². The van der Waals surface area contributed by atoms with Gasteiger partial charge >= 0.3 is 0 Å². The lowest BCUT2D eigenvalue weighted by Gasteiger charge is -2.34. The van der Waals surface area contributed by atoms with Crippen LogP contribution in [0, 0.1) is 5.92 Å². The van der Waals surface area contributed by atoms with Crippen molar-refractivity contribution >= 4 is 0 Å². The number of fused-ring (bicyclic) bond motifs is 1. The van der Waals surface area contributed by atoms with Gasteiger partial charge in [-0.2, -0.15) is 0 Å². The van der Waals surface area contributed by atoms with E-state index >= 15 is 0 Å². The standard InChI is InChI=1S/C17H25NO/c1-12-4-2-6-14(10-12)18-17-7-3-5-13-11-15(19)8-9-16(13)17/h8-9,11-12,14,17-19H,2-7,10H2,1H3. The summed E-state index contributed by atoms with van der Waals surface area (Å²) >= 11 is 0. The number of aromatic hydroxyl groups is 1. The minimum Gasteiger partial charge on any atom is -0.508 e. The van der Waals surface area contributed by atoms with E-state index in [0.29, 0.717) is 17.8 Å². The normalized spacial score (nSPS) is 30.9. The Morgan fingerprint density at radius 2 is 2.05 bits per heavy atom. The summed E-state index contributed by atoms with van der Waals surface area (Å²) < 4.78 is 0. The minimum atomic E-state index is 0.408. The Balaban J connectivity index is 1.72. The van der Waals surface area contributed by atoms with Gasteiger partial charge in [-0.25, -0.2) is 0 Å². The second kappa shape index (κ2) is 5.54. The van der Waals surface area contributed by atoms with Crippen LogP contribution < -0.4 is 5.32 Å². The molecule has 2 N–H and O–H groups in total. The van der Waals surface area contributed by atoms with Gasteiger partial charge in [-0.1, -0.05) is 25.8 Å². The number of aryl methyl sites for hydroxylation is 1. The molecular formula is C17H25NO. The SMILES string of the molecule is CC1CCCC(NC2CCCc3cc(O)ccc32)C1. The summed E-state index contributed by atoms with van der Waals surface area (Å²) in [6, 6.07) is 7.09. The highest BCUT2D eigenvalue weighted by Gasteiger charge is 2.25. The van der Waals surface area contributed by atoms with E-state index < -0.39 is 0 Å². The highest BCUT2D eigenvalue weighted by molar-refractivity contribution is 5.38. The zero-order chi connectivity index (χ0) is 13.2. The summed E-state index contributed by atoms with van der Waals surface area (Å²) in [5.74, 6) is 1.28. The van der Waals surface area contributed by atoms with Crippen LogP contribution in [0.3, 0.4) is 0 Å². The zero-order valence-electron chi connectivity index (χ0n) is 11.9. The van der Waals surface area contributed by atoms with E-state index in [1.165, 1.54) is 49.7 Å². The van der Waals surface area contributed by atoms with Gasteiger partial charge in [-0.15, -0.1) is 0 Å². The number of rotatable bonds is 2. The van der Waals surface area contributed by atoms with E-state index in [4.69, 9.17) is 0 Å². The molecule has 2 nitrogen and oxygen atoms in total. The predicted molar refractivity (Wildman–Crippen MR) is 78.3 cm³/mol. The van der Waals surface area contributed by atoms with Gasteiger partial charge in [-0.05, 0) is 61.3 Å². The predicted octanol–water partition coefficient (Wildman–Crippen LogP) is 3.94. The fourth-order valence-electron chi connectivity index (χ4n) is 3.84. The first-order chi connectivity index (χ1) is 9.22. The van der Waals surface area contributed by atoms with E-state index in [1.54, 1.807) is 0 Å². The molecule has 0 bridgehead atoms. The van der Waals surface area contributed by atoms with Crippen molar-refractivity contribution in [1.82, 2.24) is 5.32 Å². The molecule has 0 amide bonds. The van der Waals surface area contributed by atoms with Crippen molar-refractivity contribution < 1.29 is 5.11 Å². The van der Waals surface area contributed by atoms with Crippen LogP contribution in [0.4, 0.5) is 0 Å². The van der Waals surface area contributed by atoms with Crippen LogP contribution in [0.5, 0.6) is 5.75 Å². The Labute approximate surface area is 116 Å². The molecule has 104 valence electrons. The van der Waals surface area contributed by atoms with Crippen LogP contribution >= 0.6 is 0 Å². The van der Waals surface area contributed by atoms with E-state index in [9.17, 15) is 5.11 Å². The third-order valence-electron chi connectivity index (χ3n) is 4.81. The van der Waals surface area contributed by atoms with Gasteiger partial charge in [0.2, 0.25) is 0 Å². The lowest BCUT2D eigenvalue weighted by Crippen LogP contribution is -2.37. The maximum atomic E-state index is 9.61. The quantitative estimate of drug-likeness (QED) is 0.843. The summed E-state index contributed by atoms with van der Waals surface area (Å²) in [6.07, 6.45) is 9.00. The average molecular weight is 259 g/mol. The third kappa shape index (κ3) is 2.94. The summed E-state index contributed by atoms with van der Waals surface area (Å²) in [6.45, 7) is 2.38. The van der Waals surface area contributed by atoms with Gasteiger partial charge in [0.15, 0.2) is 0 Å². The molecule has 0 heterocycles. The Kier molecular flexibility index (Phi) is 3.79. The fraction of sp³-hybridized carbons (Fsp3) is 0.647. The summed E-state index contributed by atoms with van der Waals surface area (Å²) in [5.41, 5.74) is 2.76. The lowest BCUT2D eigenvalue weighted by atomic mass is 9.83. The highest BCUT2D eigenvalue weighted by Crippen LogP contribution is 2.34. The first-order valence-electron chi connectivity index (χ1n) is 7.80. The molecule has 2 heteroatoms. The molecule has 0 spiro atoms. The molecule has 3 atom stereocenters. The lowest BCUT2D eigenvalue weighted by molar-refractivity contribution is 0.271. The van der Waals surface area contributed by atoms with Crippen LogP contribution in [-0.4, -0.2) is 11.1 Å². The number of nitrogens with one attached hydrogen (secondary N) is 1. The van der Waals surface area contributed by atoms with Crippen molar-refractivity contribution in [2.75, 3.05) is 0 Å². The number of benzene rings is 1. The van der Waals surface area contributed by atoms with Crippen molar-refractivity contribution in [2.24, 2.45) is 5.92 Å². The zero-order valence-corrected chi connectivity index (χ0v) is 11.9. The molecule has 0 aromatic heterocycles. The van der Waals surface area contributed by atoms with Gasteiger partial charge < -0.3 is 10.4 Å². The Bertz CT molecular complexity index is 443. The summed E-state index contributed by atoms with van der Waals surface area (Å²) in [4.78, 5) is 0. The molecule has 1 saturated carbocycles. The van der Waals surface area contributed by atoms with Crippen molar-refractivity contribution in [2.45, 2.75) is 64.0 Å². The monoisotopic (exact) mass is 259 g/mol. The van der Waals surface area contributed by atoms with E-state index in [-0.39, 0.29) is 0 Å². The van der Waals surface area contributed by atoms with Gasteiger partial charge in [0, 0.05) is 12.1 Å². The molecule has 1 aromatic rings. The first-order valence-corrected chi connectivity index (χ1v) is 7.80. The van der Waals surface area contributed by atoms with E-state index in [1.807, 2.05) is 12.1 Å². The minimum absolute atomic E-state index is 0.408. The number of hydrogen-bond donors (Lipinski definition) is 2. The number of phenols is 1. The molecule has 0 radical (unpaired) electrons. The molecule has 0 aliphatic heterocycles. The molecule has 3 rings (SSSR count). The third-order valence-corrected chi connectivity index (χ3v) is 4.81. The number of phenolic OH excluding ortho intramolecular Hbond substituents is 1. The summed E-state index contributed by atoms with van der Waals surface area (Å²) in [5, 5.41) is 13.5. The maximum absolute atomic E-state index is 9.61. The second-order valence-corrected chi connectivity index (χ2v) is 6.46. The van der Waals surface area contributed by atoms with Gasteiger partial charge in [0.05, 0.1) is 0 Å². The molecule has 1 fully saturated rings. The van der Waals surface area contributed by atoms with Crippen molar-refractivity contribution in [1.29, 1.82) is 0 Å². The Morgan fingerprint density at radius 3 is 2.89 bits per heavy atom. The van der Waals surface area contributed by atoms with Crippen LogP contribution in [0.25, 0.3) is 0 Å². The van der Waals surface area contributed by atoms with Crippen molar-refractivity contribution in [3.63, 3.8) is 0 Å². The molecular weight excluding hydrogens is 234 g/mol. The molecule has 2 aliphatic carbocycles. The van der Waals surface area contributed by atoms with Crippen LogP contribution in [0.2, 0.25) is 0 Å².